The van der Waals surface area contributed by atoms with Crippen molar-refractivity contribution in [2.45, 2.75) is 92.3 Å². The molecule has 0 aromatic carbocycles. The van der Waals surface area contributed by atoms with Crippen LogP contribution in [0, 0.1) is 33.5 Å². The summed E-state index contributed by atoms with van der Waals surface area (Å²) >= 11 is 0. The molecule has 4 saturated carbocycles. The molecule has 0 saturated heterocycles. The van der Waals surface area contributed by atoms with Gasteiger partial charge in [-0.05, 0) is 72.0 Å². The summed E-state index contributed by atoms with van der Waals surface area (Å²) in [6.07, 6.45) is 8.97. The topological polar surface area (TPSA) is 18.5 Å². The lowest BCUT2D eigenvalue weighted by Gasteiger charge is -2.40. The lowest BCUT2D eigenvalue weighted by molar-refractivity contribution is -0.891. The predicted octanol–water partition coefficient (Wildman–Crippen LogP) is 5.53. The van der Waals surface area contributed by atoms with Gasteiger partial charge in [0, 0.05) is 0 Å². The highest BCUT2D eigenvalue weighted by Crippen LogP contribution is 2.67. The third kappa shape index (κ3) is 3.24. The van der Waals surface area contributed by atoms with Crippen molar-refractivity contribution in [2.75, 3.05) is 40.4 Å². The fraction of sp³-hybridized carbons (Fsp3) is 1.00. The van der Waals surface area contributed by atoms with Gasteiger partial charge >= 0.3 is 0 Å². The van der Waals surface area contributed by atoms with Gasteiger partial charge in [0.2, 0.25) is 0 Å². The summed E-state index contributed by atoms with van der Waals surface area (Å²) in [6, 6.07) is 0. The molecule has 0 aromatic heterocycles. The monoisotopic (exact) mass is 406 g/mol. The molecule has 4 rings (SSSR count). The van der Waals surface area contributed by atoms with Gasteiger partial charge in [0.15, 0.2) is 0 Å². The van der Waals surface area contributed by atoms with Gasteiger partial charge in [-0.25, -0.2) is 0 Å². The van der Waals surface area contributed by atoms with Crippen LogP contribution in [0.4, 0.5) is 0 Å². The maximum atomic E-state index is 6.52. The zero-order chi connectivity index (χ0) is 21.3. The van der Waals surface area contributed by atoms with Crippen molar-refractivity contribution < 1.29 is 14.0 Å². The Morgan fingerprint density at radius 3 is 1.34 bits per heavy atom. The minimum atomic E-state index is 0.377. The first kappa shape index (κ1) is 22.1. The van der Waals surface area contributed by atoms with E-state index in [1.807, 2.05) is 0 Å². The number of hydrogen-bond donors (Lipinski definition) is 0. The van der Waals surface area contributed by atoms with Crippen molar-refractivity contribution >= 4 is 0 Å². The van der Waals surface area contributed by atoms with Gasteiger partial charge in [-0.3, -0.25) is 0 Å². The van der Waals surface area contributed by atoms with Crippen LogP contribution in [-0.2, 0) is 9.47 Å². The molecular weight excluding hydrogens is 358 g/mol. The Hall–Kier alpha value is -0.120. The number of ether oxygens (including phenoxy) is 2. The molecule has 168 valence electrons. The normalized spacial score (nSPS) is 44.7. The Bertz CT molecular complexity index is 574. The SMILES string of the molecule is CC1(C)[C@H]2CC[C@]1(C)[C@H](OCC[N+](C)(C)CCO[C@@H]1C[C@@H]3CC[C@@]1(C)C3(C)C)C2. The van der Waals surface area contributed by atoms with E-state index >= 15 is 0 Å². The van der Waals surface area contributed by atoms with Crippen LogP contribution < -0.4 is 0 Å². The highest BCUT2D eigenvalue weighted by atomic mass is 16.5. The van der Waals surface area contributed by atoms with Crippen molar-refractivity contribution in [3.63, 3.8) is 0 Å². The van der Waals surface area contributed by atoms with Crippen LogP contribution in [0.1, 0.15) is 80.1 Å². The quantitative estimate of drug-likeness (QED) is 0.494. The van der Waals surface area contributed by atoms with Crippen molar-refractivity contribution in [1.82, 2.24) is 0 Å². The molecule has 0 heterocycles. The van der Waals surface area contributed by atoms with Crippen molar-refractivity contribution in [1.29, 1.82) is 0 Å². The molecule has 4 fully saturated rings. The van der Waals surface area contributed by atoms with Gasteiger partial charge in [-0.15, -0.1) is 0 Å². The number of nitrogens with zero attached hydrogens (tertiary/aromatic N) is 1. The smallest absolute Gasteiger partial charge is 0.102 e. The maximum absolute atomic E-state index is 6.52. The predicted molar refractivity (Wildman–Crippen MR) is 120 cm³/mol. The van der Waals surface area contributed by atoms with Gasteiger partial charge in [-0.2, -0.15) is 0 Å². The largest absolute Gasteiger partial charge is 0.372 e. The number of quaternary nitrogens is 1. The van der Waals surface area contributed by atoms with Crippen LogP contribution in [0.15, 0.2) is 0 Å². The molecule has 0 aliphatic heterocycles. The zero-order valence-corrected chi connectivity index (χ0v) is 20.6. The highest BCUT2D eigenvalue weighted by molar-refractivity contribution is 5.12. The van der Waals surface area contributed by atoms with Crippen molar-refractivity contribution in [3.8, 4) is 0 Å². The van der Waals surface area contributed by atoms with Gasteiger partial charge in [0.25, 0.3) is 0 Å². The van der Waals surface area contributed by atoms with E-state index < -0.39 is 0 Å². The van der Waals surface area contributed by atoms with E-state index in [2.05, 4.69) is 55.6 Å². The van der Waals surface area contributed by atoms with E-state index in [9.17, 15) is 0 Å². The van der Waals surface area contributed by atoms with E-state index in [1.54, 1.807) is 0 Å². The van der Waals surface area contributed by atoms with Gasteiger partial charge < -0.3 is 14.0 Å². The Balaban J connectivity index is 1.21. The summed E-state index contributed by atoms with van der Waals surface area (Å²) in [4.78, 5) is 0. The van der Waals surface area contributed by atoms with Crippen LogP contribution >= 0.6 is 0 Å². The van der Waals surface area contributed by atoms with Crippen LogP contribution in [0.2, 0.25) is 0 Å². The Morgan fingerprint density at radius 1 is 0.690 bits per heavy atom. The standard InChI is InChI=1S/C26H48NO2/c1-23(2)19-9-11-25(23,5)21(17-19)28-15-13-27(7,8)14-16-29-22-18-20-10-12-26(22,6)24(20,3)4/h19-22H,9-18H2,1-8H3/q+1/t19-,20-,21+,22+,25+,26+/m0/s1. The molecule has 0 N–H and O–H groups in total. The molecule has 0 spiro atoms. The van der Waals surface area contributed by atoms with Crippen molar-refractivity contribution in [2.24, 2.45) is 33.5 Å². The first-order chi connectivity index (χ1) is 13.3. The minimum Gasteiger partial charge on any atom is -0.372 e. The Labute approximate surface area is 180 Å². The number of likely N-dealkylation sites (N-methyl/N-ethyl adjacent to an activating group) is 1. The summed E-state index contributed by atoms with van der Waals surface area (Å²) in [5.74, 6) is 1.72. The van der Waals surface area contributed by atoms with E-state index in [4.69, 9.17) is 9.47 Å². The molecule has 3 nitrogen and oxygen atoms in total. The Kier molecular flexibility index (Phi) is 5.28. The zero-order valence-electron chi connectivity index (χ0n) is 20.6. The van der Waals surface area contributed by atoms with Crippen LogP contribution in [0.25, 0.3) is 0 Å². The lowest BCUT2D eigenvalue weighted by Crippen LogP contribution is -2.47. The molecule has 0 radical (unpaired) electrons. The molecule has 4 aliphatic rings. The fourth-order valence-electron chi connectivity index (χ4n) is 7.76. The molecule has 6 atom stereocenters. The molecule has 3 heteroatoms. The summed E-state index contributed by atoms with van der Waals surface area (Å²) in [5, 5.41) is 0. The average molecular weight is 407 g/mol. The lowest BCUT2D eigenvalue weighted by atomic mass is 9.70. The fourth-order valence-corrected chi connectivity index (χ4v) is 7.76. The summed E-state index contributed by atoms with van der Waals surface area (Å²) in [6.45, 7) is 18.8. The Morgan fingerprint density at radius 2 is 1.07 bits per heavy atom. The summed E-state index contributed by atoms with van der Waals surface area (Å²) in [7, 11) is 4.68. The maximum Gasteiger partial charge on any atom is 0.102 e. The van der Waals surface area contributed by atoms with Gasteiger partial charge in [-0.1, -0.05) is 41.5 Å². The third-order valence-electron chi connectivity index (χ3n) is 11.5. The van der Waals surface area contributed by atoms with Crippen LogP contribution in [0.5, 0.6) is 0 Å². The number of fused-ring (bicyclic) bond motifs is 4. The van der Waals surface area contributed by atoms with E-state index in [-0.39, 0.29) is 0 Å². The number of rotatable bonds is 8. The van der Waals surface area contributed by atoms with Crippen LogP contribution in [0.3, 0.4) is 0 Å². The second kappa shape index (κ2) is 6.94. The van der Waals surface area contributed by atoms with E-state index in [0.717, 1.165) is 42.6 Å². The van der Waals surface area contributed by atoms with Crippen LogP contribution in [-0.4, -0.2) is 57.1 Å². The van der Waals surface area contributed by atoms with Crippen molar-refractivity contribution in [3.05, 3.63) is 0 Å². The molecular formula is C26H48NO2+. The molecule has 0 unspecified atom stereocenters. The number of hydrogen-bond acceptors (Lipinski definition) is 2. The second-order valence-corrected chi connectivity index (χ2v) is 13.3. The highest BCUT2D eigenvalue weighted by Gasteiger charge is 2.62. The van der Waals surface area contributed by atoms with E-state index in [1.165, 1.54) is 38.5 Å². The first-order valence-corrected chi connectivity index (χ1v) is 12.4. The minimum absolute atomic E-state index is 0.377. The molecule has 0 amide bonds. The van der Waals surface area contributed by atoms with Gasteiger partial charge in [0.05, 0.1) is 39.5 Å². The summed E-state index contributed by atoms with van der Waals surface area (Å²) in [5.41, 5.74) is 1.64. The molecule has 4 bridgehead atoms. The van der Waals surface area contributed by atoms with Gasteiger partial charge in [0.1, 0.15) is 13.1 Å². The first-order valence-electron chi connectivity index (χ1n) is 12.4. The summed E-state index contributed by atoms with van der Waals surface area (Å²) < 4.78 is 14.0. The average Bonchev–Trinajstić information content (AvgIpc) is 3.13. The second-order valence-electron chi connectivity index (χ2n) is 13.3. The third-order valence-corrected chi connectivity index (χ3v) is 11.5. The molecule has 4 aliphatic carbocycles. The molecule has 0 aromatic rings. The molecule has 29 heavy (non-hydrogen) atoms. The van der Waals surface area contributed by atoms with E-state index in [0.29, 0.717) is 33.9 Å².